The molecule has 1 aromatic heterocycles. The highest BCUT2D eigenvalue weighted by Gasteiger charge is 2.40. The second-order valence-electron chi connectivity index (χ2n) is 8.44. The predicted octanol–water partition coefficient (Wildman–Crippen LogP) is 5.24. The lowest BCUT2D eigenvalue weighted by atomic mass is 10.00. The highest BCUT2D eigenvalue weighted by molar-refractivity contribution is 8.00. The molecule has 2 amide bonds. The van der Waals surface area contributed by atoms with Crippen molar-refractivity contribution in [2.24, 2.45) is 7.05 Å². The van der Waals surface area contributed by atoms with Crippen LogP contribution in [0, 0.1) is 0 Å². The van der Waals surface area contributed by atoms with Crippen molar-refractivity contribution in [1.82, 2.24) is 9.88 Å². The maximum atomic E-state index is 13.9. The number of aromatic nitrogens is 1. The van der Waals surface area contributed by atoms with Gasteiger partial charge in [-0.05, 0) is 29.7 Å². The Morgan fingerprint density at radius 1 is 1.00 bits per heavy atom. The van der Waals surface area contributed by atoms with E-state index in [1.54, 1.807) is 4.90 Å². The maximum absolute atomic E-state index is 13.9. The van der Waals surface area contributed by atoms with Crippen molar-refractivity contribution < 1.29 is 9.59 Å². The summed E-state index contributed by atoms with van der Waals surface area (Å²) >= 11 is 1.51. The molecule has 1 aliphatic rings. The number of para-hydroxylation sites is 2. The molecule has 0 bridgehead atoms. The molecule has 0 saturated heterocycles. The van der Waals surface area contributed by atoms with Gasteiger partial charge in [-0.2, -0.15) is 0 Å². The first kappa shape index (κ1) is 22.3. The third-order valence-corrected chi connectivity index (χ3v) is 7.57. The molecule has 1 unspecified atom stereocenters. The maximum Gasteiger partial charge on any atom is 0.248 e. The third-order valence-electron chi connectivity index (χ3n) is 6.41. The Balaban J connectivity index is 1.68. The van der Waals surface area contributed by atoms with Gasteiger partial charge in [0.2, 0.25) is 11.8 Å². The fraction of sp³-hybridized carbons (Fsp3) is 0.214. The first-order valence-corrected chi connectivity index (χ1v) is 12.5. The highest BCUT2D eigenvalue weighted by atomic mass is 32.2. The second kappa shape index (κ2) is 9.39. The van der Waals surface area contributed by atoms with Crippen molar-refractivity contribution >= 4 is 40.2 Å². The van der Waals surface area contributed by atoms with E-state index in [1.807, 2.05) is 79.8 Å². The molecular formula is C28H27N3O2S. The molecule has 5 rings (SSSR count). The van der Waals surface area contributed by atoms with Crippen LogP contribution in [0.15, 0.2) is 83.9 Å². The van der Waals surface area contributed by atoms with Gasteiger partial charge < -0.3 is 9.88 Å². The number of nitrogens with one attached hydrogen (secondary N) is 1. The zero-order chi connectivity index (χ0) is 23.7. The summed E-state index contributed by atoms with van der Waals surface area (Å²) in [5.41, 5.74) is 4.81. The van der Waals surface area contributed by atoms with Gasteiger partial charge in [0.15, 0.2) is 0 Å². The summed E-state index contributed by atoms with van der Waals surface area (Å²) < 4.78 is 2.11. The van der Waals surface area contributed by atoms with Crippen LogP contribution in [-0.2, 0) is 29.6 Å². The monoisotopic (exact) mass is 469 g/mol. The smallest absolute Gasteiger partial charge is 0.248 e. The molecule has 0 aliphatic carbocycles. The van der Waals surface area contributed by atoms with Gasteiger partial charge in [-0.1, -0.05) is 85.4 Å². The molecule has 5 nitrogen and oxygen atoms in total. The van der Waals surface area contributed by atoms with Crippen LogP contribution in [-0.4, -0.2) is 22.1 Å². The number of carbonyl (C=O) groups is 2. The Bertz CT molecular complexity index is 1360. The predicted molar refractivity (Wildman–Crippen MR) is 138 cm³/mol. The molecule has 4 aromatic rings. The van der Waals surface area contributed by atoms with Gasteiger partial charge >= 0.3 is 0 Å². The molecule has 3 aromatic carbocycles. The van der Waals surface area contributed by atoms with Crippen LogP contribution in [0.5, 0.6) is 0 Å². The normalized spacial score (nSPS) is 15.8. The van der Waals surface area contributed by atoms with Crippen molar-refractivity contribution in [2.75, 3.05) is 10.7 Å². The van der Waals surface area contributed by atoms with Crippen LogP contribution in [0.4, 0.5) is 5.69 Å². The number of hydrogen-bond donors (Lipinski definition) is 1. The molecule has 2 heterocycles. The molecule has 172 valence electrons. The number of carbonyl (C=O) groups excluding carboxylic acids is 2. The van der Waals surface area contributed by atoms with Crippen molar-refractivity contribution in [3.63, 3.8) is 0 Å². The fourth-order valence-corrected chi connectivity index (χ4v) is 5.83. The first-order valence-electron chi connectivity index (χ1n) is 11.5. The van der Waals surface area contributed by atoms with E-state index in [1.165, 1.54) is 11.8 Å². The highest BCUT2D eigenvalue weighted by Crippen LogP contribution is 2.44. The van der Waals surface area contributed by atoms with E-state index in [0.29, 0.717) is 6.54 Å². The Morgan fingerprint density at radius 3 is 2.50 bits per heavy atom. The molecule has 6 heteroatoms. The topological polar surface area (TPSA) is 54.3 Å². The number of nitrogens with zero attached hydrogens (tertiary/aromatic N) is 2. The lowest BCUT2D eigenvalue weighted by Crippen LogP contribution is -2.44. The van der Waals surface area contributed by atoms with Gasteiger partial charge in [-0.15, -0.1) is 0 Å². The van der Waals surface area contributed by atoms with Gasteiger partial charge in [0.1, 0.15) is 6.04 Å². The van der Waals surface area contributed by atoms with Crippen molar-refractivity contribution in [3.05, 3.63) is 95.6 Å². The average molecular weight is 470 g/mol. The number of anilines is 1. The fourth-order valence-electron chi connectivity index (χ4n) is 4.76. The van der Waals surface area contributed by atoms with Gasteiger partial charge in [0.25, 0.3) is 0 Å². The quantitative estimate of drug-likeness (QED) is 0.435. The standard InChI is InChI=1S/C28H27N3O2S/c1-3-20-13-7-9-15-22(20)31-24(32)18-34-28-25(21-14-8-10-16-23(21)30(28)2)26(31)27(33)29-17-19-11-5-4-6-12-19/h4-16,26H,3,17-18H2,1-2H3,(H,29,33). The van der Waals surface area contributed by atoms with E-state index >= 15 is 0 Å². The minimum atomic E-state index is -0.764. The number of fused-ring (bicyclic) bond motifs is 3. The summed E-state index contributed by atoms with van der Waals surface area (Å²) in [5.74, 6) is 0.0340. The van der Waals surface area contributed by atoms with E-state index in [4.69, 9.17) is 0 Å². The number of amides is 2. The van der Waals surface area contributed by atoms with E-state index in [2.05, 4.69) is 22.9 Å². The van der Waals surface area contributed by atoms with Gasteiger partial charge in [0.05, 0.1) is 10.8 Å². The zero-order valence-electron chi connectivity index (χ0n) is 19.3. The van der Waals surface area contributed by atoms with E-state index < -0.39 is 6.04 Å². The molecular weight excluding hydrogens is 442 g/mol. The number of benzene rings is 3. The Labute approximate surface area is 203 Å². The molecule has 0 fully saturated rings. The van der Waals surface area contributed by atoms with E-state index in [0.717, 1.165) is 44.7 Å². The Kier molecular flexibility index (Phi) is 6.16. The van der Waals surface area contributed by atoms with Crippen LogP contribution in [0.25, 0.3) is 10.9 Å². The SMILES string of the molecule is CCc1ccccc1N1C(=O)CSc2c(c3ccccc3n2C)C1C(=O)NCc1ccccc1. The lowest BCUT2D eigenvalue weighted by molar-refractivity contribution is -0.125. The molecule has 1 N–H and O–H groups in total. The summed E-state index contributed by atoms with van der Waals surface area (Å²) in [6.45, 7) is 2.48. The number of aryl methyl sites for hydroxylation is 2. The molecule has 1 atom stereocenters. The first-order chi connectivity index (χ1) is 16.6. The summed E-state index contributed by atoms with van der Waals surface area (Å²) in [4.78, 5) is 29.3. The van der Waals surface area contributed by atoms with E-state index in [9.17, 15) is 9.59 Å². The molecule has 1 aliphatic heterocycles. The minimum absolute atomic E-state index is 0.0638. The number of rotatable bonds is 5. The van der Waals surface area contributed by atoms with Crippen LogP contribution < -0.4 is 10.2 Å². The van der Waals surface area contributed by atoms with Crippen molar-refractivity contribution in [2.45, 2.75) is 31.0 Å². The summed E-state index contributed by atoms with van der Waals surface area (Å²) in [6.07, 6.45) is 0.772. The van der Waals surface area contributed by atoms with Crippen molar-refractivity contribution in [3.8, 4) is 0 Å². The van der Waals surface area contributed by atoms with Gasteiger partial charge in [-0.3, -0.25) is 14.5 Å². The molecule has 0 radical (unpaired) electrons. The van der Waals surface area contributed by atoms with Crippen molar-refractivity contribution in [1.29, 1.82) is 0 Å². The lowest BCUT2D eigenvalue weighted by Gasteiger charge is -2.31. The Morgan fingerprint density at radius 2 is 1.71 bits per heavy atom. The third kappa shape index (κ3) is 3.88. The van der Waals surface area contributed by atoms with Gasteiger partial charge in [-0.25, -0.2) is 0 Å². The van der Waals surface area contributed by atoms with Crippen LogP contribution in [0.1, 0.15) is 29.7 Å². The van der Waals surface area contributed by atoms with Crippen LogP contribution in [0.3, 0.4) is 0 Å². The average Bonchev–Trinajstić information content (AvgIpc) is 3.05. The largest absolute Gasteiger partial charge is 0.350 e. The summed E-state index contributed by atoms with van der Waals surface area (Å²) in [7, 11) is 2.01. The number of thioether (sulfide) groups is 1. The molecule has 0 saturated carbocycles. The molecule has 34 heavy (non-hydrogen) atoms. The zero-order valence-corrected chi connectivity index (χ0v) is 20.1. The summed E-state index contributed by atoms with van der Waals surface area (Å²) in [5, 5.41) is 5.08. The minimum Gasteiger partial charge on any atom is -0.350 e. The van der Waals surface area contributed by atoms with Crippen LogP contribution in [0.2, 0.25) is 0 Å². The second-order valence-corrected chi connectivity index (χ2v) is 9.40. The number of hydrogen-bond acceptors (Lipinski definition) is 3. The summed E-state index contributed by atoms with van der Waals surface area (Å²) in [6, 6.07) is 25.1. The van der Waals surface area contributed by atoms with Crippen LogP contribution >= 0.6 is 11.8 Å². The molecule has 0 spiro atoms. The Hall–Kier alpha value is -3.51. The van der Waals surface area contributed by atoms with E-state index in [-0.39, 0.29) is 17.6 Å². The van der Waals surface area contributed by atoms with Gasteiger partial charge in [0, 0.05) is 35.7 Å².